The summed E-state index contributed by atoms with van der Waals surface area (Å²) >= 11 is 0. The van der Waals surface area contributed by atoms with Crippen LogP contribution in [0.3, 0.4) is 0 Å². The van der Waals surface area contributed by atoms with E-state index in [4.69, 9.17) is 9.84 Å². The van der Waals surface area contributed by atoms with Crippen LogP contribution in [-0.4, -0.2) is 30.1 Å². The first-order chi connectivity index (χ1) is 11.6. The first-order valence-electron chi connectivity index (χ1n) is 7.11. The van der Waals surface area contributed by atoms with Crippen LogP contribution in [0.5, 0.6) is 0 Å². The number of aliphatic carboxylic acids is 1. The van der Waals surface area contributed by atoms with Gasteiger partial charge < -0.3 is 14.6 Å². The second-order valence-electron chi connectivity index (χ2n) is 4.66. The average molecular weight is 348 g/mol. The largest absolute Gasteiger partial charge is 0.478 e. The van der Waals surface area contributed by atoms with Crippen LogP contribution >= 0.6 is 0 Å². The predicted octanol–water partition coefficient (Wildman–Crippen LogP) is 3.30. The highest BCUT2D eigenvalue weighted by Gasteiger charge is 2.02. The summed E-state index contributed by atoms with van der Waals surface area (Å²) in [5, 5.41) is 7.60. The van der Waals surface area contributed by atoms with E-state index >= 15 is 0 Å². The predicted molar refractivity (Wildman–Crippen MR) is 95.7 cm³/mol. The van der Waals surface area contributed by atoms with E-state index in [1.54, 1.807) is 13.8 Å². The van der Waals surface area contributed by atoms with Crippen LogP contribution in [0.25, 0.3) is 0 Å². The van der Waals surface area contributed by atoms with Crippen molar-refractivity contribution in [3.63, 3.8) is 0 Å². The second kappa shape index (κ2) is 14.4. The van der Waals surface area contributed by atoms with E-state index in [2.05, 4.69) is 24.5 Å². The van der Waals surface area contributed by atoms with Gasteiger partial charge in [-0.2, -0.15) is 0 Å². The summed E-state index contributed by atoms with van der Waals surface area (Å²) in [6.45, 7) is 13.4. The number of rotatable bonds is 5. The number of carboxylic acid groups (broad SMARTS) is 1. The summed E-state index contributed by atoms with van der Waals surface area (Å²) in [6, 6.07) is 9.55. The Morgan fingerprint density at radius 3 is 1.76 bits per heavy atom. The third-order valence-corrected chi connectivity index (χ3v) is 2.27. The van der Waals surface area contributed by atoms with E-state index in [1.807, 2.05) is 30.3 Å². The van der Waals surface area contributed by atoms with Gasteiger partial charge >= 0.3 is 17.9 Å². The standard InChI is InChI=1S/C11H12O2.C5H8O2.C3H4O2/c1-9(2)11(12)13-8-10-6-4-3-5-7-10;1-4(2)5(6)7-3;1-2-3(4)5/h3-7H,1,8H2,2H3;1H2,2-3H3;2H,1H2,(H,4,5). The van der Waals surface area contributed by atoms with Crippen molar-refractivity contribution in [2.24, 2.45) is 0 Å². The Bertz CT molecular complexity index is 602. The lowest BCUT2D eigenvalue weighted by atomic mass is 10.2. The number of carbonyl (C=O) groups is 3. The Kier molecular flexibility index (Phi) is 13.9. The first kappa shape index (κ1) is 24.1. The maximum atomic E-state index is 11.0. The van der Waals surface area contributed by atoms with Gasteiger partial charge in [0.05, 0.1) is 7.11 Å². The average Bonchev–Trinajstić information content (AvgIpc) is 2.60. The van der Waals surface area contributed by atoms with Crippen LogP contribution in [0.2, 0.25) is 0 Å². The number of methoxy groups -OCH3 is 1. The summed E-state index contributed by atoms with van der Waals surface area (Å²) in [7, 11) is 1.33. The molecule has 25 heavy (non-hydrogen) atoms. The number of carboxylic acids is 1. The maximum Gasteiger partial charge on any atom is 0.333 e. The Balaban J connectivity index is 0. The number of ether oxygens (including phenoxy) is 2. The van der Waals surface area contributed by atoms with Crippen LogP contribution in [0, 0.1) is 0 Å². The maximum absolute atomic E-state index is 11.0. The molecule has 0 saturated carbocycles. The van der Waals surface area contributed by atoms with Gasteiger partial charge in [0.1, 0.15) is 6.61 Å². The molecule has 1 N–H and O–H groups in total. The molecule has 0 heterocycles. The zero-order chi connectivity index (χ0) is 19.8. The van der Waals surface area contributed by atoms with Gasteiger partial charge in [0.2, 0.25) is 0 Å². The summed E-state index contributed by atoms with van der Waals surface area (Å²) in [4.78, 5) is 30.4. The molecule has 6 nitrogen and oxygen atoms in total. The van der Waals surface area contributed by atoms with Gasteiger partial charge in [-0.15, -0.1) is 0 Å². The molecule has 1 rings (SSSR count). The molecular weight excluding hydrogens is 324 g/mol. The minimum Gasteiger partial charge on any atom is -0.478 e. The molecule has 6 heteroatoms. The summed E-state index contributed by atoms with van der Waals surface area (Å²) in [5.41, 5.74) is 1.84. The van der Waals surface area contributed by atoms with E-state index in [0.29, 0.717) is 17.8 Å². The first-order valence-corrected chi connectivity index (χ1v) is 7.11. The van der Waals surface area contributed by atoms with Gasteiger partial charge in [0.25, 0.3) is 0 Å². The molecule has 0 spiro atoms. The van der Waals surface area contributed by atoms with Crippen molar-refractivity contribution in [2.45, 2.75) is 20.5 Å². The molecule has 0 unspecified atom stereocenters. The number of carbonyl (C=O) groups excluding carboxylic acids is 2. The normalized spacial score (nSPS) is 8.28. The monoisotopic (exact) mass is 348 g/mol. The molecule has 0 aliphatic carbocycles. The molecule has 1 aromatic carbocycles. The molecule has 0 fully saturated rings. The van der Waals surface area contributed by atoms with Crippen LogP contribution < -0.4 is 0 Å². The van der Waals surface area contributed by atoms with E-state index in [1.165, 1.54) is 7.11 Å². The van der Waals surface area contributed by atoms with Crippen molar-refractivity contribution < 1.29 is 29.0 Å². The lowest BCUT2D eigenvalue weighted by Gasteiger charge is -2.03. The quantitative estimate of drug-likeness (QED) is 0.649. The number of hydrogen-bond donors (Lipinski definition) is 1. The van der Waals surface area contributed by atoms with Gasteiger partial charge in [-0.25, -0.2) is 14.4 Å². The fourth-order valence-electron chi connectivity index (χ4n) is 1.02. The fourth-order valence-corrected chi connectivity index (χ4v) is 1.02. The Morgan fingerprint density at radius 1 is 1.04 bits per heavy atom. The van der Waals surface area contributed by atoms with E-state index in [9.17, 15) is 14.4 Å². The van der Waals surface area contributed by atoms with E-state index in [-0.39, 0.29) is 11.9 Å². The molecule has 0 aromatic heterocycles. The zero-order valence-corrected chi connectivity index (χ0v) is 14.8. The highest BCUT2D eigenvalue weighted by Crippen LogP contribution is 2.02. The van der Waals surface area contributed by atoms with Gasteiger partial charge in [-0.3, -0.25) is 0 Å². The second-order valence-corrected chi connectivity index (χ2v) is 4.66. The minimum absolute atomic E-state index is 0.312. The van der Waals surface area contributed by atoms with Crippen molar-refractivity contribution in [2.75, 3.05) is 7.11 Å². The van der Waals surface area contributed by atoms with Gasteiger partial charge in [0, 0.05) is 17.2 Å². The third-order valence-electron chi connectivity index (χ3n) is 2.27. The van der Waals surface area contributed by atoms with Crippen LogP contribution in [0.4, 0.5) is 0 Å². The van der Waals surface area contributed by atoms with Crippen molar-refractivity contribution in [1.29, 1.82) is 0 Å². The van der Waals surface area contributed by atoms with Crippen molar-refractivity contribution in [1.82, 2.24) is 0 Å². The Hall–Kier alpha value is -3.15. The van der Waals surface area contributed by atoms with Crippen molar-refractivity contribution in [3.05, 3.63) is 72.9 Å². The third kappa shape index (κ3) is 15.5. The smallest absolute Gasteiger partial charge is 0.333 e. The van der Waals surface area contributed by atoms with Gasteiger partial charge in [-0.05, 0) is 19.4 Å². The fraction of sp³-hybridized carbons (Fsp3) is 0.211. The minimum atomic E-state index is -0.981. The van der Waals surface area contributed by atoms with Gasteiger partial charge in [0.15, 0.2) is 0 Å². The Labute approximate surface area is 148 Å². The molecular formula is C19H24O6. The Morgan fingerprint density at radius 2 is 1.48 bits per heavy atom. The molecule has 0 aliphatic rings. The van der Waals surface area contributed by atoms with E-state index in [0.717, 1.165) is 11.6 Å². The topological polar surface area (TPSA) is 89.9 Å². The zero-order valence-electron chi connectivity index (χ0n) is 14.8. The van der Waals surface area contributed by atoms with Crippen LogP contribution in [0.15, 0.2) is 67.3 Å². The molecule has 0 bridgehead atoms. The SMILES string of the molecule is C=C(C)C(=O)OC.C=C(C)C(=O)OCc1ccccc1.C=CC(=O)O. The highest BCUT2D eigenvalue weighted by molar-refractivity contribution is 5.87. The summed E-state index contributed by atoms with van der Waals surface area (Å²) < 4.78 is 9.22. The van der Waals surface area contributed by atoms with Crippen molar-refractivity contribution in [3.8, 4) is 0 Å². The van der Waals surface area contributed by atoms with E-state index < -0.39 is 5.97 Å². The lowest BCUT2D eigenvalue weighted by Crippen LogP contribution is -2.04. The lowest BCUT2D eigenvalue weighted by molar-refractivity contribution is -0.140. The molecule has 136 valence electrons. The van der Waals surface area contributed by atoms with Crippen LogP contribution in [0.1, 0.15) is 19.4 Å². The summed E-state index contributed by atoms with van der Waals surface area (Å²) in [5.74, 6) is -1.67. The molecule has 0 aliphatic heterocycles. The number of hydrogen-bond acceptors (Lipinski definition) is 5. The molecule has 0 atom stereocenters. The molecule has 1 aromatic rings. The molecule has 0 saturated heterocycles. The number of benzene rings is 1. The molecule has 0 radical (unpaired) electrons. The molecule has 0 amide bonds. The highest BCUT2D eigenvalue weighted by atomic mass is 16.5. The van der Waals surface area contributed by atoms with Crippen molar-refractivity contribution >= 4 is 17.9 Å². The summed E-state index contributed by atoms with van der Waals surface area (Å²) in [6.07, 6.45) is 0.833. The number of esters is 2. The van der Waals surface area contributed by atoms with Crippen LogP contribution in [-0.2, 0) is 30.5 Å². The van der Waals surface area contributed by atoms with Gasteiger partial charge in [-0.1, -0.05) is 50.1 Å².